The normalized spacial score (nSPS) is 14.8. The first-order valence-corrected chi connectivity index (χ1v) is 7.20. The fraction of sp³-hybridized carbons (Fsp3) is 0.500. The average Bonchev–Trinajstić information content (AvgIpc) is 3.13. The predicted octanol–water partition coefficient (Wildman–Crippen LogP) is 3.30. The third-order valence-corrected chi connectivity index (χ3v) is 3.68. The lowest BCUT2D eigenvalue weighted by molar-refractivity contribution is 0.0754. The molecule has 0 N–H and O–H groups in total. The number of halogens is 1. The topological polar surface area (TPSA) is 20.3 Å². The number of hydrogen-bond acceptors (Lipinski definition) is 1. The first kappa shape index (κ1) is 12.6. The smallest absolute Gasteiger partial charge is 0.254 e. The molecule has 1 aromatic carbocycles. The zero-order chi connectivity index (χ0) is 12.4. The number of carbonyl (C=O) groups is 1. The van der Waals surface area contributed by atoms with E-state index in [9.17, 15) is 4.79 Å². The molecule has 2 nitrogen and oxygen atoms in total. The molecule has 17 heavy (non-hydrogen) atoms. The van der Waals surface area contributed by atoms with Crippen LogP contribution in [0.25, 0.3) is 0 Å². The highest BCUT2D eigenvalue weighted by Gasteiger charge is 2.32. The molecule has 1 fully saturated rings. The summed E-state index contributed by atoms with van der Waals surface area (Å²) in [7, 11) is 0. The van der Waals surface area contributed by atoms with E-state index in [1.54, 1.807) is 0 Å². The second-order valence-electron chi connectivity index (χ2n) is 4.72. The molecule has 2 rings (SSSR count). The molecule has 0 bridgehead atoms. The highest BCUT2D eigenvalue weighted by atomic mass is 79.9. The van der Waals surface area contributed by atoms with Crippen LogP contribution in [0.2, 0.25) is 0 Å². The predicted molar refractivity (Wildman–Crippen MR) is 73.8 cm³/mol. The zero-order valence-electron chi connectivity index (χ0n) is 10.4. The van der Waals surface area contributed by atoms with Crippen molar-refractivity contribution >= 4 is 21.8 Å². The summed E-state index contributed by atoms with van der Waals surface area (Å²) in [5, 5.41) is 0.847. The van der Waals surface area contributed by atoms with Crippen molar-refractivity contribution in [3.8, 4) is 0 Å². The van der Waals surface area contributed by atoms with Gasteiger partial charge in [0.05, 0.1) is 0 Å². The Morgan fingerprint density at radius 3 is 2.59 bits per heavy atom. The number of rotatable bonds is 4. The molecule has 3 heteroatoms. The fourth-order valence-electron chi connectivity index (χ4n) is 1.97. The minimum Gasteiger partial charge on any atom is -0.335 e. The van der Waals surface area contributed by atoms with Gasteiger partial charge in [0.25, 0.3) is 5.91 Å². The van der Waals surface area contributed by atoms with Gasteiger partial charge < -0.3 is 4.90 Å². The molecular formula is C14H18BrNO. The number of aryl methyl sites for hydroxylation is 2. The van der Waals surface area contributed by atoms with Crippen molar-refractivity contribution in [2.75, 3.05) is 11.9 Å². The van der Waals surface area contributed by atoms with E-state index < -0.39 is 0 Å². The molecule has 1 saturated carbocycles. The van der Waals surface area contributed by atoms with E-state index in [-0.39, 0.29) is 5.91 Å². The summed E-state index contributed by atoms with van der Waals surface area (Å²) in [6.45, 7) is 4.93. The summed E-state index contributed by atoms with van der Waals surface area (Å²) < 4.78 is 0. The van der Waals surface area contributed by atoms with Crippen LogP contribution in [0.1, 0.15) is 34.3 Å². The number of nitrogens with zero attached hydrogens (tertiary/aromatic N) is 1. The van der Waals surface area contributed by atoms with Crippen molar-refractivity contribution in [1.82, 2.24) is 4.90 Å². The van der Waals surface area contributed by atoms with Crippen LogP contribution >= 0.6 is 15.9 Å². The summed E-state index contributed by atoms with van der Waals surface area (Å²) in [6, 6.07) is 6.44. The first-order chi connectivity index (χ1) is 8.13. The van der Waals surface area contributed by atoms with E-state index in [0.717, 1.165) is 30.3 Å². The van der Waals surface area contributed by atoms with Crippen LogP contribution in [0.5, 0.6) is 0 Å². The van der Waals surface area contributed by atoms with Gasteiger partial charge in [-0.15, -0.1) is 0 Å². The maximum Gasteiger partial charge on any atom is 0.254 e. The molecule has 1 aromatic rings. The summed E-state index contributed by atoms with van der Waals surface area (Å²) in [4.78, 5) is 14.4. The Morgan fingerprint density at radius 2 is 2.06 bits per heavy atom. The molecule has 1 aliphatic carbocycles. The number of hydrogen-bond donors (Lipinski definition) is 0. The van der Waals surface area contributed by atoms with Gasteiger partial charge in [-0.25, -0.2) is 0 Å². The second-order valence-corrected chi connectivity index (χ2v) is 5.51. The maximum absolute atomic E-state index is 12.4. The van der Waals surface area contributed by atoms with E-state index in [0.29, 0.717) is 6.04 Å². The SMILES string of the molecule is Cc1ccc(C(=O)N(CCBr)C2CC2)cc1C. The van der Waals surface area contributed by atoms with Crippen LogP contribution in [-0.2, 0) is 0 Å². The summed E-state index contributed by atoms with van der Waals surface area (Å²) in [6.07, 6.45) is 2.31. The van der Waals surface area contributed by atoms with Crippen LogP contribution in [0, 0.1) is 13.8 Å². The molecule has 0 unspecified atom stereocenters. The number of benzene rings is 1. The first-order valence-electron chi connectivity index (χ1n) is 6.07. The highest BCUT2D eigenvalue weighted by Crippen LogP contribution is 2.28. The Labute approximate surface area is 111 Å². The molecule has 0 radical (unpaired) electrons. The van der Waals surface area contributed by atoms with Gasteiger partial charge in [-0.1, -0.05) is 22.0 Å². The lowest BCUT2D eigenvalue weighted by Crippen LogP contribution is -2.34. The van der Waals surface area contributed by atoms with Crippen molar-refractivity contribution in [1.29, 1.82) is 0 Å². The molecule has 0 aromatic heterocycles. The molecule has 1 aliphatic rings. The van der Waals surface area contributed by atoms with Crippen molar-refractivity contribution in [3.63, 3.8) is 0 Å². The maximum atomic E-state index is 12.4. The van der Waals surface area contributed by atoms with Crippen LogP contribution in [-0.4, -0.2) is 28.7 Å². The fourth-order valence-corrected chi connectivity index (χ4v) is 2.35. The van der Waals surface area contributed by atoms with E-state index in [4.69, 9.17) is 0 Å². The Bertz CT molecular complexity index is 426. The van der Waals surface area contributed by atoms with E-state index in [2.05, 4.69) is 29.8 Å². The highest BCUT2D eigenvalue weighted by molar-refractivity contribution is 9.09. The third kappa shape index (κ3) is 2.89. The van der Waals surface area contributed by atoms with Crippen LogP contribution in [0.15, 0.2) is 18.2 Å². The molecule has 0 saturated heterocycles. The molecule has 92 valence electrons. The molecule has 0 spiro atoms. The number of amides is 1. The van der Waals surface area contributed by atoms with E-state index >= 15 is 0 Å². The Hall–Kier alpha value is -0.830. The lowest BCUT2D eigenvalue weighted by Gasteiger charge is -2.21. The minimum atomic E-state index is 0.176. The van der Waals surface area contributed by atoms with Crippen molar-refractivity contribution < 1.29 is 4.79 Å². The van der Waals surface area contributed by atoms with Crippen molar-refractivity contribution in [2.24, 2.45) is 0 Å². The van der Waals surface area contributed by atoms with Crippen molar-refractivity contribution in [3.05, 3.63) is 34.9 Å². The second kappa shape index (κ2) is 5.21. The number of carbonyl (C=O) groups excluding carboxylic acids is 1. The number of alkyl halides is 1. The van der Waals surface area contributed by atoms with Crippen LogP contribution < -0.4 is 0 Å². The molecule has 1 amide bonds. The molecule has 0 atom stereocenters. The lowest BCUT2D eigenvalue weighted by atomic mass is 10.1. The Kier molecular flexibility index (Phi) is 3.87. The van der Waals surface area contributed by atoms with E-state index in [1.165, 1.54) is 11.1 Å². The van der Waals surface area contributed by atoms with Gasteiger partial charge in [0.15, 0.2) is 0 Å². The average molecular weight is 296 g/mol. The van der Waals surface area contributed by atoms with Gasteiger partial charge in [0.2, 0.25) is 0 Å². The Balaban J connectivity index is 2.19. The van der Waals surface area contributed by atoms with E-state index in [1.807, 2.05) is 23.1 Å². The third-order valence-electron chi connectivity index (χ3n) is 3.33. The van der Waals surface area contributed by atoms with Crippen LogP contribution in [0.3, 0.4) is 0 Å². The quantitative estimate of drug-likeness (QED) is 0.781. The standard InChI is InChI=1S/C14H18BrNO/c1-10-3-4-12(9-11(10)2)14(17)16(8-7-15)13-5-6-13/h3-4,9,13H,5-8H2,1-2H3. The summed E-state index contributed by atoms with van der Waals surface area (Å²) >= 11 is 3.42. The molecular weight excluding hydrogens is 278 g/mol. The monoisotopic (exact) mass is 295 g/mol. The molecule has 0 aliphatic heterocycles. The summed E-state index contributed by atoms with van der Waals surface area (Å²) in [5.41, 5.74) is 3.24. The Morgan fingerprint density at radius 1 is 1.35 bits per heavy atom. The van der Waals surface area contributed by atoms with Gasteiger partial charge in [-0.2, -0.15) is 0 Å². The summed E-state index contributed by atoms with van der Waals surface area (Å²) in [5.74, 6) is 0.176. The zero-order valence-corrected chi connectivity index (χ0v) is 12.0. The van der Waals surface area contributed by atoms with Gasteiger partial charge >= 0.3 is 0 Å². The van der Waals surface area contributed by atoms with Crippen molar-refractivity contribution in [2.45, 2.75) is 32.7 Å². The minimum absolute atomic E-state index is 0.176. The van der Waals surface area contributed by atoms with Gasteiger partial charge in [-0.3, -0.25) is 4.79 Å². The van der Waals surface area contributed by atoms with Gasteiger partial charge in [-0.05, 0) is 49.9 Å². The molecule has 0 heterocycles. The van der Waals surface area contributed by atoms with Crippen LogP contribution in [0.4, 0.5) is 0 Å². The van der Waals surface area contributed by atoms with Gasteiger partial charge in [0, 0.05) is 23.5 Å². The largest absolute Gasteiger partial charge is 0.335 e. The van der Waals surface area contributed by atoms with Gasteiger partial charge in [0.1, 0.15) is 0 Å².